The molecule has 3 heterocycles. The fourth-order valence-electron chi connectivity index (χ4n) is 3.58. The second-order valence-electron chi connectivity index (χ2n) is 6.30. The molecule has 3 rings (SSSR count). The van der Waals surface area contributed by atoms with Crippen molar-refractivity contribution in [2.45, 2.75) is 50.2 Å². The van der Waals surface area contributed by atoms with Gasteiger partial charge < -0.3 is 19.5 Å². The molecule has 1 unspecified atom stereocenters. The molecule has 0 aromatic heterocycles. The van der Waals surface area contributed by atoms with Gasteiger partial charge in [-0.1, -0.05) is 0 Å². The molecule has 3 fully saturated rings. The molecule has 4 nitrogen and oxygen atoms in total. The molecule has 3 saturated heterocycles. The van der Waals surface area contributed by atoms with Crippen LogP contribution in [0.1, 0.15) is 38.5 Å². The minimum absolute atomic E-state index is 0.115. The lowest BCUT2D eigenvalue weighted by molar-refractivity contribution is -0.140. The molecular formula is C15H27NO3. The van der Waals surface area contributed by atoms with Crippen LogP contribution in [0.3, 0.4) is 0 Å². The molecule has 19 heavy (non-hydrogen) atoms. The van der Waals surface area contributed by atoms with Crippen LogP contribution in [0.4, 0.5) is 0 Å². The summed E-state index contributed by atoms with van der Waals surface area (Å²) in [5.74, 6) is 0.808. The Morgan fingerprint density at radius 1 is 0.895 bits per heavy atom. The SMILES string of the molecule is C1CC(CNC2CCOC3(CCOCC3)C2)CCO1. The molecule has 1 atom stereocenters. The number of hydrogen-bond donors (Lipinski definition) is 1. The van der Waals surface area contributed by atoms with Gasteiger partial charge in [0.1, 0.15) is 0 Å². The van der Waals surface area contributed by atoms with Crippen LogP contribution in [0.5, 0.6) is 0 Å². The monoisotopic (exact) mass is 269 g/mol. The summed E-state index contributed by atoms with van der Waals surface area (Å²) in [7, 11) is 0. The van der Waals surface area contributed by atoms with Crippen LogP contribution in [0, 0.1) is 5.92 Å². The third-order valence-electron chi connectivity index (χ3n) is 4.93. The summed E-state index contributed by atoms with van der Waals surface area (Å²) >= 11 is 0. The minimum Gasteiger partial charge on any atom is -0.381 e. The van der Waals surface area contributed by atoms with Crippen molar-refractivity contribution in [2.75, 3.05) is 39.6 Å². The van der Waals surface area contributed by atoms with Gasteiger partial charge >= 0.3 is 0 Å². The molecule has 0 radical (unpaired) electrons. The van der Waals surface area contributed by atoms with Gasteiger partial charge in [-0.05, 0) is 51.0 Å². The van der Waals surface area contributed by atoms with Crippen molar-refractivity contribution in [2.24, 2.45) is 5.92 Å². The van der Waals surface area contributed by atoms with Gasteiger partial charge in [0.05, 0.1) is 5.60 Å². The summed E-state index contributed by atoms with van der Waals surface area (Å²) in [6, 6.07) is 0.634. The Hall–Kier alpha value is -0.160. The molecule has 3 aliphatic heterocycles. The molecule has 0 aliphatic carbocycles. The van der Waals surface area contributed by atoms with Crippen LogP contribution in [0.2, 0.25) is 0 Å². The average Bonchev–Trinajstić information content (AvgIpc) is 2.47. The highest BCUT2D eigenvalue weighted by atomic mass is 16.5. The first-order valence-electron chi connectivity index (χ1n) is 7.89. The van der Waals surface area contributed by atoms with Crippen LogP contribution in [-0.2, 0) is 14.2 Å². The van der Waals surface area contributed by atoms with Crippen LogP contribution < -0.4 is 5.32 Å². The number of nitrogens with one attached hydrogen (secondary N) is 1. The summed E-state index contributed by atoms with van der Waals surface area (Å²) in [6.07, 6.45) is 6.90. The van der Waals surface area contributed by atoms with Crippen LogP contribution in [0.25, 0.3) is 0 Å². The quantitative estimate of drug-likeness (QED) is 0.847. The highest BCUT2D eigenvalue weighted by molar-refractivity contribution is 4.91. The topological polar surface area (TPSA) is 39.7 Å². The Bertz CT molecular complexity index is 267. The molecule has 0 amide bonds. The van der Waals surface area contributed by atoms with Crippen LogP contribution in [-0.4, -0.2) is 51.2 Å². The zero-order chi connectivity index (χ0) is 13.0. The van der Waals surface area contributed by atoms with Gasteiger partial charge in [-0.2, -0.15) is 0 Å². The van der Waals surface area contributed by atoms with Crippen molar-refractivity contribution in [3.8, 4) is 0 Å². The Kier molecular flexibility index (Phi) is 4.74. The van der Waals surface area contributed by atoms with E-state index in [1.807, 2.05) is 0 Å². The van der Waals surface area contributed by atoms with E-state index < -0.39 is 0 Å². The second kappa shape index (κ2) is 6.53. The van der Waals surface area contributed by atoms with E-state index in [0.717, 1.165) is 64.8 Å². The first-order chi connectivity index (χ1) is 9.36. The van der Waals surface area contributed by atoms with Gasteiger partial charge in [0.2, 0.25) is 0 Å². The largest absolute Gasteiger partial charge is 0.381 e. The summed E-state index contributed by atoms with van der Waals surface area (Å²) in [5, 5.41) is 3.79. The van der Waals surface area contributed by atoms with Gasteiger partial charge in [0.15, 0.2) is 0 Å². The lowest BCUT2D eigenvalue weighted by Gasteiger charge is -2.43. The summed E-state index contributed by atoms with van der Waals surface area (Å²) in [4.78, 5) is 0. The predicted molar refractivity (Wildman–Crippen MR) is 73.3 cm³/mol. The predicted octanol–water partition coefficient (Wildman–Crippen LogP) is 1.73. The first kappa shape index (κ1) is 13.8. The first-order valence-corrected chi connectivity index (χ1v) is 7.89. The highest BCUT2D eigenvalue weighted by Crippen LogP contribution is 2.34. The van der Waals surface area contributed by atoms with E-state index in [9.17, 15) is 0 Å². The second-order valence-corrected chi connectivity index (χ2v) is 6.30. The number of ether oxygens (including phenoxy) is 3. The Balaban J connectivity index is 1.45. The summed E-state index contributed by atoms with van der Waals surface area (Å²) in [5.41, 5.74) is 0.115. The molecule has 3 aliphatic rings. The van der Waals surface area contributed by atoms with E-state index in [2.05, 4.69) is 5.32 Å². The maximum Gasteiger partial charge on any atom is 0.0741 e. The van der Waals surface area contributed by atoms with Gasteiger partial charge in [-0.3, -0.25) is 0 Å². The van der Waals surface area contributed by atoms with Gasteiger partial charge in [0.25, 0.3) is 0 Å². The zero-order valence-electron chi connectivity index (χ0n) is 11.9. The number of rotatable bonds is 3. The van der Waals surface area contributed by atoms with Crippen molar-refractivity contribution in [1.29, 1.82) is 0 Å². The maximum absolute atomic E-state index is 6.09. The third kappa shape index (κ3) is 3.69. The van der Waals surface area contributed by atoms with Gasteiger partial charge in [0, 0.05) is 39.1 Å². The van der Waals surface area contributed by atoms with Crippen molar-refractivity contribution in [1.82, 2.24) is 5.32 Å². The summed E-state index contributed by atoms with van der Waals surface area (Å²) < 4.78 is 17.0. The lowest BCUT2D eigenvalue weighted by atomic mass is 9.84. The maximum atomic E-state index is 6.09. The third-order valence-corrected chi connectivity index (χ3v) is 4.93. The Morgan fingerprint density at radius 3 is 2.42 bits per heavy atom. The average molecular weight is 269 g/mol. The van der Waals surface area contributed by atoms with Crippen molar-refractivity contribution < 1.29 is 14.2 Å². The number of hydrogen-bond acceptors (Lipinski definition) is 4. The molecular weight excluding hydrogens is 242 g/mol. The molecule has 0 saturated carbocycles. The molecule has 0 bridgehead atoms. The van der Waals surface area contributed by atoms with Crippen molar-refractivity contribution >= 4 is 0 Å². The fraction of sp³-hybridized carbons (Fsp3) is 1.00. The van der Waals surface area contributed by atoms with Crippen LogP contribution >= 0.6 is 0 Å². The van der Waals surface area contributed by atoms with E-state index >= 15 is 0 Å². The Morgan fingerprint density at radius 2 is 1.63 bits per heavy atom. The molecule has 110 valence electrons. The molecule has 0 aromatic rings. The van der Waals surface area contributed by atoms with E-state index in [1.54, 1.807) is 0 Å². The molecule has 1 spiro atoms. The zero-order valence-corrected chi connectivity index (χ0v) is 11.9. The smallest absolute Gasteiger partial charge is 0.0741 e. The molecule has 0 aromatic carbocycles. The Labute approximate surface area is 116 Å². The lowest BCUT2D eigenvalue weighted by Crippen LogP contribution is -2.50. The van der Waals surface area contributed by atoms with Gasteiger partial charge in [-0.15, -0.1) is 0 Å². The van der Waals surface area contributed by atoms with Crippen LogP contribution in [0.15, 0.2) is 0 Å². The molecule has 4 heteroatoms. The van der Waals surface area contributed by atoms with E-state index in [-0.39, 0.29) is 5.60 Å². The summed E-state index contributed by atoms with van der Waals surface area (Å²) in [6.45, 7) is 5.69. The van der Waals surface area contributed by atoms with Crippen molar-refractivity contribution in [3.05, 3.63) is 0 Å². The van der Waals surface area contributed by atoms with Gasteiger partial charge in [-0.25, -0.2) is 0 Å². The fourth-order valence-corrected chi connectivity index (χ4v) is 3.58. The van der Waals surface area contributed by atoms with E-state index in [4.69, 9.17) is 14.2 Å². The standard InChI is InChI=1S/C15H27NO3/c1-6-17-7-2-13(1)12-16-14-3-8-19-15(11-14)4-9-18-10-5-15/h13-14,16H,1-12H2. The normalized spacial score (nSPS) is 32.5. The minimum atomic E-state index is 0.115. The van der Waals surface area contributed by atoms with E-state index in [1.165, 1.54) is 19.3 Å². The molecule has 1 N–H and O–H groups in total. The highest BCUT2D eigenvalue weighted by Gasteiger charge is 2.38. The van der Waals surface area contributed by atoms with Crippen molar-refractivity contribution in [3.63, 3.8) is 0 Å². The van der Waals surface area contributed by atoms with E-state index in [0.29, 0.717) is 6.04 Å².